The SMILES string of the molecule is CCCCCCCCc1ccc2c(oc(=O)c3cc(Br)ccc32)c1F. The van der Waals surface area contributed by atoms with Crippen LogP contribution in [-0.4, -0.2) is 0 Å². The highest BCUT2D eigenvalue weighted by Crippen LogP contribution is 2.29. The van der Waals surface area contributed by atoms with Gasteiger partial charge in [-0.25, -0.2) is 9.18 Å². The molecule has 4 heteroatoms. The molecule has 0 spiro atoms. The summed E-state index contributed by atoms with van der Waals surface area (Å²) in [5.74, 6) is -0.395. The number of rotatable bonds is 7. The molecule has 0 bridgehead atoms. The summed E-state index contributed by atoms with van der Waals surface area (Å²) >= 11 is 3.35. The van der Waals surface area contributed by atoms with Crippen LogP contribution in [0.1, 0.15) is 51.0 Å². The van der Waals surface area contributed by atoms with Gasteiger partial charge >= 0.3 is 5.63 Å². The fraction of sp³-hybridized carbons (Fsp3) is 0.381. The Hall–Kier alpha value is -1.68. The zero-order valence-electron chi connectivity index (χ0n) is 14.4. The third kappa shape index (κ3) is 3.95. The van der Waals surface area contributed by atoms with Gasteiger partial charge in [-0.3, -0.25) is 0 Å². The predicted molar refractivity (Wildman–Crippen MR) is 105 cm³/mol. The molecule has 0 saturated heterocycles. The first-order chi connectivity index (χ1) is 12.1. The molecular formula is C21H22BrFO2. The second-order valence-corrected chi connectivity index (χ2v) is 7.43. The molecule has 0 aliphatic carbocycles. The summed E-state index contributed by atoms with van der Waals surface area (Å²) in [5, 5.41) is 1.83. The molecular weight excluding hydrogens is 383 g/mol. The van der Waals surface area contributed by atoms with Gasteiger partial charge in [0.05, 0.1) is 5.39 Å². The zero-order valence-corrected chi connectivity index (χ0v) is 16.0. The summed E-state index contributed by atoms with van der Waals surface area (Å²) < 4.78 is 21.0. The fourth-order valence-corrected chi connectivity index (χ4v) is 3.63. The van der Waals surface area contributed by atoms with Crippen LogP contribution in [0.3, 0.4) is 0 Å². The number of fused-ring (bicyclic) bond motifs is 3. The third-order valence-electron chi connectivity index (χ3n) is 4.66. The molecule has 2 nitrogen and oxygen atoms in total. The Balaban J connectivity index is 1.88. The molecule has 0 unspecified atom stereocenters. The molecule has 2 aromatic carbocycles. The van der Waals surface area contributed by atoms with Crippen molar-refractivity contribution in [2.45, 2.75) is 51.9 Å². The largest absolute Gasteiger partial charge is 0.419 e. The first-order valence-corrected chi connectivity index (χ1v) is 9.74. The Labute approximate surface area is 155 Å². The molecule has 0 fully saturated rings. The number of hydrogen-bond donors (Lipinski definition) is 0. The topological polar surface area (TPSA) is 30.2 Å². The molecule has 0 radical (unpaired) electrons. The second kappa shape index (κ2) is 8.13. The van der Waals surface area contributed by atoms with E-state index in [0.29, 0.717) is 22.8 Å². The fourth-order valence-electron chi connectivity index (χ4n) is 3.27. The van der Waals surface area contributed by atoms with Crippen LogP contribution in [-0.2, 0) is 6.42 Å². The lowest BCUT2D eigenvalue weighted by Crippen LogP contribution is -2.02. The van der Waals surface area contributed by atoms with Crippen molar-refractivity contribution in [2.24, 2.45) is 0 Å². The molecule has 1 heterocycles. The average Bonchev–Trinajstić information content (AvgIpc) is 2.60. The van der Waals surface area contributed by atoms with Crippen molar-refractivity contribution in [1.82, 2.24) is 0 Å². The van der Waals surface area contributed by atoms with E-state index in [1.165, 1.54) is 25.7 Å². The summed E-state index contributed by atoms with van der Waals surface area (Å²) in [7, 11) is 0. The van der Waals surface area contributed by atoms with Crippen molar-refractivity contribution >= 4 is 37.7 Å². The standard InChI is InChI=1S/C21H22BrFO2/c1-2-3-4-5-6-7-8-14-9-11-17-16-12-10-15(22)13-18(16)21(24)25-20(17)19(14)23/h9-13H,2-8H2,1H3. The van der Waals surface area contributed by atoms with Gasteiger partial charge in [0.15, 0.2) is 11.4 Å². The van der Waals surface area contributed by atoms with Crippen molar-refractivity contribution in [3.8, 4) is 0 Å². The van der Waals surface area contributed by atoms with E-state index in [0.717, 1.165) is 22.7 Å². The lowest BCUT2D eigenvalue weighted by Gasteiger charge is -2.08. The van der Waals surface area contributed by atoms with Crippen LogP contribution in [0.4, 0.5) is 4.39 Å². The smallest absolute Gasteiger partial charge is 0.344 e. The Morgan fingerprint density at radius 1 is 0.960 bits per heavy atom. The molecule has 0 atom stereocenters. The van der Waals surface area contributed by atoms with E-state index in [1.807, 2.05) is 24.3 Å². The van der Waals surface area contributed by atoms with Crippen molar-refractivity contribution in [1.29, 1.82) is 0 Å². The van der Waals surface area contributed by atoms with E-state index in [1.54, 1.807) is 6.07 Å². The third-order valence-corrected chi connectivity index (χ3v) is 5.16. The van der Waals surface area contributed by atoms with E-state index in [9.17, 15) is 9.18 Å². The summed E-state index contributed by atoms with van der Waals surface area (Å²) in [6.07, 6.45) is 7.66. The normalized spacial score (nSPS) is 11.5. The van der Waals surface area contributed by atoms with Crippen molar-refractivity contribution in [3.63, 3.8) is 0 Å². The predicted octanol–water partition coefficient (Wildman–Crippen LogP) is 6.75. The minimum atomic E-state index is -0.501. The lowest BCUT2D eigenvalue weighted by molar-refractivity contribution is 0.521. The molecule has 1 aromatic heterocycles. The number of halogens is 2. The molecule has 0 aliphatic heterocycles. The number of benzene rings is 2. The first kappa shape index (κ1) is 18.1. The minimum Gasteiger partial charge on any atom is -0.419 e. The van der Waals surface area contributed by atoms with Crippen LogP contribution in [0.15, 0.2) is 44.0 Å². The maximum absolute atomic E-state index is 14.8. The Kier molecular flexibility index (Phi) is 5.89. The first-order valence-electron chi connectivity index (χ1n) is 8.95. The average molecular weight is 405 g/mol. The van der Waals surface area contributed by atoms with Gasteiger partial charge in [-0.2, -0.15) is 0 Å². The van der Waals surface area contributed by atoms with E-state index in [-0.39, 0.29) is 5.58 Å². The molecule has 132 valence electrons. The Morgan fingerprint density at radius 2 is 1.68 bits per heavy atom. The van der Waals surface area contributed by atoms with E-state index in [2.05, 4.69) is 22.9 Å². The van der Waals surface area contributed by atoms with Crippen LogP contribution in [0.5, 0.6) is 0 Å². The molecule has 0 saturated carbocycles. The van der Waals surface area contributed by atoms with E-state index < -0.39 is 11.4 Å². The highest BCUT2D eigenvalue weighted by Gasteiger charge is 2.14. The van der Waals surface area contributed by atoms with Crippen molar-refractivity contribution < 1.29 is 8.81 Å². The summed E-state index contributed by atoms with van der Waals surface area (Å²) in [5.41, 5.74) is 0.199. The van der Waals surface area contributed by atoms with Gasteiger partial charge in [0, 0.05) is 15.2 Å². The van der Waals surface area contributed by atoms with Gasteiger partial charge in [0.25, 0.3) is 0 Å². The van der Waals surface area contributed by atoms with Crippen molar-refractivity contribution in [3.05, 3.63) is 56.6 Å². The van der Waals surface area contributed by atoms with Crippen LogP contribution in [0, 0.1) is 5.82 Å². The van der Waals surface area contributed by atoms with Gasteiger partial charge in [-0.15, -0.1) is 0 Å². The van der Waals surface area contributed by atoms with Gasteiger partial charge in [0.1, 0.15) is 0 Å². The second-order valence-electron chi connectivity index (χ2n) is 6.51. The van der Waals surface area contributed by atoms with Crippen LogP contribution >= 0.6 is 15.9 Å². The highest BCUT2D eigenvalue weighted by atomic mass is 79.9. The Morgan fingerprint density at radius 3 is 2.48 bits per heavy atom. The molecule has 25 heavy (non-hydrogen) atoms. The molecule has 3 rings (SSSR count). The van der Waals surface area contributed by atoms with Crippen molar-refractivity contribution in [2.75, 3.05) is 0 Å². The summed E-state index contributed by atoms with van der Waals surface area (Å²) in [6.45, 7) is 2.20. The zero-order chi connectivity index (χ0) is 17.8. The molecule has 0 aliphatic rings. The molecule has 3 aromatic rings. The molecule has 0 N–H and O–H groups in total. The quantitative estimate of drug-likeness (QED) is 0.247. The van der Waals surface area contributed by atoms with Gasteiger partial charge in [-0.05, 0) is 30.5 Å². The summed E-state index contributed by atoms with van der Waals surface area (Å²) in [4.78, 5) is 12.2. The van der Waals surface area contributed by atoms with Crippen LogP contribution in [0.2, 0.25) is 0 Å². The maximum atomic E-state index is 14.8. The number of unbranched alkanes of at least 4 members (excludes halogenated alkanes) is 5. The highest BCUT2D eigenvalue weighted by molar-refractivity contribution is 9.10. The lowest BCUT2D eigenvalue weighted by atomic mass is 10.0. The van der Waals surface area contributed by atoms with Crippen LogP contribution < -0.4 is 5.63 Å². The maximum Gasteiger partial charge on any atom is 0.344 e. The number of aryl methyl sites for hydroxylation is 1. The number of hydrogen-bond acceptors (Lipinski definition) is 2. The van der Waals surface area contributed by atoms with Crippen LogP contribution in [0.25, 0.3) is 21.7 Å². The van der Waals surface area contributed by atoms with E-state index >= 15 is 0 Å². The van der Waals surface area contributed by atoms with E-state index in [4.69, 9.17) is 4.42 Å². The van der Waals surface area contributed by atoms with Gasteiger partial charge in [0.2, 0.25) is 0 Å². The Bertz CT molecular complexity index is 946. The minimum absolute atomic E-state index is 0.0725. The summed E-state index contributed by atoms with van der Waals surface area (Å²) in [6, 6.07) is 9.08. The monoisotopic (exact) mass is 404 g/mol. The molecule has 0 amide bonds. The van der Waals surface area contributed by atoms with Gasteiger partial charge in [-0.1, -0.05) is 73.2 Å². The van der Waals surface area contributed by atoms with Gasteiger partial charge < -0.3 is 4.42 Å².